The minimum absolute atomic E-state index is 0.0135. The van der Waals surface area contributed by atoms with E-state index in [-0.39, 0.29) is 36.2 Å². The highest BCUT2D eigenvalue weighted by molar-refractivity contribution is 5.97. The number of rotatable bonds is 8. The van der Waals surface area contributed by atoms with Crippen molar-refractivity contribution in [2.75, 3.05) is 13.1 Å². The quantitative estimate of drug-likeness (QED) is 0.645. The molecular weight excluding hydrogens is 424 g/mol. The number of amides is 3. The highest BCUT2D eigenvalue weighted by atomic mass is 19.3. The second-order valence-electron chi connectivity index (χ2n) is 7.49. The molecule has 1 aromatic heterocycles. The fourth-order valence-electron chi connectivity index (χ4n) is 3.53. The Morgan fingerprint density at radius 1 is 1.22 bits per heavy atom. The molecule has 172 valence electrons. The molecule has 2 N–H and O–H groups in total. The zero-order valence-corrected chi connectivity index (χ0v) is 17.6. The van der Waals surface area contributed by atoms with Crippen LogP contribution in [0.1, 0.15) is 35.9 Å². The van der Waals surface area contributed by atoms with Gasteiger partial charge < -0.3 is 24.7 Å². The molecular formula is C22H25F2N3O5. The van der Waals surface area contributed by atoms with Crippen molar-refractivity contribution in [3.63, 3.8) is 0 Å². The molecule has 1 aliphatic heterocycles. The van der Waals surface area contributed by atoms with Gasteiger partial charge in [0.2, 0.25) is 11.8 Å². The summed E-state index contributed by atoms with van der Waals surface area (Å²) in [7, 11) is 0. The summed E-state index contributed by atoms with van der Waals surface area (Å²) in [5.74, 6) is -1.33. The van der Waals surface area contributed by atoms with Crippen molar-refractivity contribution in [3.8, 4) is 5.75 Å². The van der Waals surface area contributed by atoms with Gasteiger partial charge in [-0.3, -0.25) is 14.4 Å². The van der Waals surface area contributed by atoms with Crippen LogP contribution >= 0.6 is 0 Å². The van der Waals surface area contributed by atoms with E-state index >= 15 is 0 Å². The minimum Gasteiger partial charge on any atom is -0.467 e. The molecule has 10 heteroatoms. The molecule has 32 heavy (non-hydrogen) atoms. The Labute approximate surface area is 183 Å². The van der Waals surface area contributed by atoms with Crippen LogP contribution in [0.3, 0.4) is 0 Å². The molecule has 2 unspecified atom stereocenters. The Morgan fingerprint density at radius 2 is 2.00 bits per heavy atom. The molecule has 3 amide bonds. The summed E-state index contributed by atoms with van der Waals surface area (Å²) < 4.78 is 34.9. The molecule has 1 fully saturated rings. The normalized spacial score (nSPS) is 17.0. The largest absolute Gasteiger partial charge is 0.467 e. The molecule has 1 aliphatic rings. The van der Waals surface area contributed by atoms with E-state index in [1.54, 1.807) is 25.1 Å². The van der Waals surface area contributed by atoms with E-state index in [2.05, 4.69) is 15.4 Å². The number of carbonyl (C=O) groups excluding carboxylic acids is 3. The SMILES string of the molecule is CC(NC(=O)C1CCCN(C(=O)c2ccccc2OC(F)F)C1)C(=O)NCc1ccco1. The number of hydrogen-bond donors (Lipinski definition) is 2. The monoisotopic (exact) mass is 449 g/mol. The van der Waals surface area contributed by atoms with Crippen molar-refractivity contribution in [2.45, 2.75) is 39.0 Å². The maximum Gasteiger partial charge on any atom is 0.387 e. The molecule has 8 nitrogen and oxygen atoms in total. The van der Waals surface area contributed by atoms with Gasteiger partial charge in [-0.05, 0) is 44.0 Å². The van der Waals surface area contributed by atoms with Gasteiger partial charge in [0.1, 0.15) is 17.6 Å². The topological polar surface area (TPSA) is 101 Å². The Balaban J connectivity index is 1.56. The summed E-state index contributed by atoms with van der Waals surface area (Å²) in [5.41, 5.74) is 0.0135. The lowest BCUT2D eigenvalue weighted by Gasteiger charge is -2.33. The Hall–Kier alpha value is -3.43. The number of nitrogens with zero attached hydrogens (tertiary/aromatic N) is 1. The smallest absolute Gasteiger partial charge is 0.387 e. The second kappa shape index (κ2) is 10.7. The number of para-hydroxylation sites is 1. The number of alkyl halides is 2. The molecule has 0 spiro atoms. The lowest BCUT2D eigenvalue weighted by atomic mass is 9.96. The number of piperidine rings is 1. The zero-order valence-electron chi connectivity index (χ0n) is 17.6. The third-order valence-electron chi connectivity index (χ3n) is 5.18. The van der Waals surface area contributed by atoms with Gasteiger partial charge in [-0.1, -0.05) is 12.1 Å². The van der Waals surface area contributed by atoms with Crippen molar-refractivity contribution >= 4 is 17.7 Å². The Kier molecular flexibility index (Phi) is 7.80. The molecule has 2 aromatic rings. The van der Waals surface area contributed by atoms with Crippen LogP contribution in [-0.4, -0.2) is 48.4 Å². The van der Waals surface area contributed by atoms with Gasteiger partial charge in [0.05, 0.1) is 24.3 Å². The molecule has 2 atom stereocenters. The average Bonchev–Trinajstić information content (AvgIpc) is 3.30. The van der Waals surface area contributed by atoms with Crippen LogP contribution in [0.5, 0.6) is 5.75 Å². The van der Waals surface area contributed by atoms with Crippen molar-refractivity contribution in [2.24, 2.45) is 5.92 Å². The molecule has 2 heterocycles. The van der Waals surface area contributed by atoms with Gasteiger partial charge in [0.15, 0.2) is 0 Å². The first-order valence-corrected chi connectivity index (χ1v) is 10.3. The van der Waals surface area contributed by atoms with Gasteiger partial charge in [-0.2, -0.15) is 8.78 Å². The summed E-state index contributed by atoms with van der Waals surface area (Å²) in [4.78, 5) is 39.3. The first-order valence-electron chi connectivity index (χ1n) is 10.3. The summed E-state index contributed by atoms with van der Waals surface area (Å²) >= 11 is 0. The minimum atomic E-state index is -3.05. The number of likely N-dealkylation sites (tertiary alicyclic amines) is 1. The van der Waals surface area contributed by atoms with Gasteiger partial charge in [-0.25, -0.2) is 0 Å². The highest BCUT2D eigenvalue weighted by Gasteiger charge is 2.31. The van der Waals surface area contributed by atoms with E-state index in [1.165, 1.54) is 29.4 Å². The van der Waals surface area contributed by atoms with E-state index in [0.29, 0.717) is 25.1 Å². The maximum atomic E-state index is 12.9. The number of carbonyl (C=O) groups is 3. The predicted molar refractivity (Wildman–Crippen MR) is 110 cm³/mol. The third kappa shape index (κ3) is 6.05. The Morgan fingerprint density at radius 3 is 2.72 bits per heavy atom. The highest BCUT2D eigenvalue weighted by Crippen LogP contribution is 2.25. The number of benzene rings is 1. The van der Waals surface area contributed by atoms with E-state index in [9.17, 15) is 23.2 Å². The molecule has 3 rings (SSSR count). The number of ether oxygens (including phenoxy) is 1. The second-order valence-corrected chi connectivity index (χ2v) is 7.49. The summed E-state index contributed by atoms with van der Waals surface area (Å²) in [6.07, 6.45) is 2.62. The van der Waals surface area contributed by atoms with Crippen molar-refractivity contribution in [3.05, 3.63) is 54.0 Å². The maximum absolute atomic E-state index is 12.9. The zero-order chi connectivity index (χ0) is 23.1. The van der Waals surface area contributed by atoms with Crippen LogP contribution in [0.25, 0.3) is 0 Å². The number of hydrogen-bond acceptors (Lipinski definition) is 5. The molecule has 1 aromatic carbocycles. The van der Waals surface area contributed by atoms with Crippen molar-refractivity contribution < 1.29 is 32.3 Å². The van der Waals surface area contributed by atoms with Crippen molar-refractivity contribution in [1.29, 1.82) is 0 Å². The molecule has 0 radical (unpaired) electrons. The molecule has 0 saturated carbocycles. The standard InChI is InChI=1S/C22H25F2N3O5/c1-14(19(28)25-12-16-7-5-11-31-16)26-20(29)15-6-4-10-27(13-15)21(30)17-8-2-3-9-18(17)32-22(23)24/h2-3,5,7-9,11,14-15,22H,4,6,10,12-13H2,1H3,(H,25,28)(H,26,29). The number of nitrogens with one attached hydrogen (secondary N) is 2. The van der Waals surface area contributed by atoms with Crippen LogP contribution in [0.2, 0.25) is 0 Å². The van der Waals surface area contributed by atoms with Crippen LogP contribution in [0.4, 0.5) is 8.78 Å². The predicted octanol–water partition coefficient (Wildman–Crippen LogP) is 2.55. The van der Waals surface area contributed by atoms with Gasteiger partial charge >= 0.3 is 6.61 Å². The molecule has 0 bridgehead atoms. The fourth-order valence-corrected chi connectivity index (χ4v) is 3.53. The van der Waals surface area contributed by atoms with Crippen LogP contribution < -0.4 is 15.4 Å². The Bertz CT molecular complexity index is 935. The van der Waals surface area contributed by atoms with Crippen LogP contribution in [-0.2, 0) is 16.1 Å². The van der Waals surface area contributed by atoms with E-state index in [1.807, 2.05) is 0 Å². The first-order chi connectivity index (χ1) is 15.3. The lowest BCUT2D eigenvalue weighted by molar-refractivity contribution is -0.131. The molecule has 1 saturated heterocycles. The van der Waals surface area contributed by atoms with Gasteiger partial charge in [0, 0.05) is 13.1 Å². The fraction of sp³-hybridized carbons (Fsp3) is 0.409. The summed E-state index contributed by atoms with van der Waals surface area (Å²) in [6.45, 7) is -0.764. The van der Waals surface area contributed by atoms with Gasteiger partial charge in [0.25, 0.3) is 5.91 Å². The van der Waals surface area contributed by atoms with E-state index in [4.69, 9.17) is 4.42 Å². The van der Waals surface area contributed by atoms with Crippen molar-refractivity contribution in [1.82, 2.24) is 15.5 Å². The first kappa shape index (κ1) is 23.2. The van der Waals surface area contributed by atoms with E-state index in [0.717, 1.165) is 0 Å². The van der Waals surface area contributed by atoms with Crippen LogP contribution in [0, 0.1) is 5.92 Å². The average molecular weight is 449 g/mol. The van der Waals surface area contributed by atoms with Gasteiger partial charge in [-0.15, -0.1) is 0 Å². The van der Waals surface area contributed by atoms with Crippen LogP contribution in [0.15, 0.2) is 47.1 Å². The summed E-state index contributed by atoms with van der Waals surface area (Å²) in [6, 6.07) is 8.43. The number of halogens is 2. The lowest BCUT2D eigenvalue weighted by Crippen LogP contribution is -2.50. The van der Waals surface area contributed by atoms with E-state index < -0.39 is 24.5 Å². The molecule has 0 aliphatic carbocycles. The third-order valence-corrected chi connectivity index (χ3v) is 5.18. The summed E-state index contributed by atoms with van der Waals surface area (Å²) in [5, 5.41) is 5.35. The number of furan rings is 1.